The summed E-state index contributed by atoms with van der Waals surface area (Å²) in [5.41, 5.74) is -0.246. The van der Waals surface area contributed by atoms with Crippen LogP contribution in [-0.2, 0) is 9.31 Å². The molecule has 0 N–H and O–H groups in total. The topological polar surface area (TPSA) is 55.4 Å². The van der Waals surface area contributed by atoms with Gasteiger partial charge in [0.05, 0.1) is 11.2 Å². The summed E-state index contributed by atoms with van der Waals surface area (Å²) in [6.45, 7) is 7.89. The highest BCUT2D eigenvalue weighted by molar-refractivity contribution is 6.60. The van der Waals surface area contributed by atoms with Crippen molar-refractivity contribution in [2.75, 3.05) is 0 Å². The minimum atomic E-state index is -0.535. The molecule has 0 aliphatic carbocycles. The van der Waals surface area contributed by atoms with Crippen LogP contribution in [0.2, 0.25) is 0 Å². The molecule has 0 saturated carbocycles. The number of nitrogens with zero attached hydrogens (tertiary/aromatic N) is 1. The van der Waals surface area contributed by atoms with Gasteiger partial charge in [0.25, 0.3) is 0 Å². The van der Waals surface area contributed by atoms with Crippen molar-refractivity contribution in [2.45, 2.75) is 38.9 Å². The molecular weight excluding hydrogens is 205 g/mol. The van der Waals surface area contributed by atoms with Crippen molar-refractivity contribution in [1.82, 2.24) is 0 Å². The van der Waals surface area contributed by atoms with Gasteiger partial charge in [0.2, 0.25) is 5.76 Å². The van der Waals surface area contributed by atoms with E-state index in [0.29, 0.717) is 5.66 Å². The van der Waals surface area contributed by atoms with E-state index in [2.05, 4.69) is 0 Å². The van der Waals surface area contributed by atoms with Gasteiger partial charge in [-0.05, 0) is 39.8 Å². The van der Waals surface area contributed by atoms with Crippen LogP contribution in [0.1, 0.15) is 33.5 Å². The summed E-state index contributed by atoms with van der Waals surface area (Å²) in [6, 6.07) is 5.26. The Hall–Kier alpha value is -1.25. The maximum absolute atomic E-state index is 8.67. The Bertz CT molecular complexity index is 428. The Morgan fingerprint density at radius 3 is 2.12 bits per heavy atom. The zero-order valence-corrected chi connectivity index (χ0v) is 9.90. The molecule has 16 heavy (non-hydrogen) atoms. The molecule has 1 aliphatic rings. The van der Waals surface area contributed by atoms with Crippen molar-refractivity contribution in [3.8, 4) is 6.07 Å². The summed E-state index contributed by atoms with van der Waals surface area (Å²) >= 11 is 0. The lowest BCUT2D eigenvalue weighted by Crippen LogP contribution is -2.41. The van der Waals surface area contributed by atoms with Crippen LogP contribution in [0.5, 0.6) is 0 Å². The number of rotatable bonds is 1. The van der Waals surface area contributed by atoms with Gasteiger partial charge < -0.3 is 13.7 Å². The molecule has 2 heterocycles. The third-order valence-electron chi connectivity index (χ3n) is 3.22. The minimum Gasteiger partial charge on any atom is -0.454 e. The Kier molecular flexibility index (Phi) is 2.37. The molecule has 0 aromatic carbocycles. The van der Waals surface area contributed by atoms with E-state index in [1.54, 1.807) is 12.1 Å². The van der Waals surface area contributed by atoms with Gasteiger partial charge in [-0.15, -0.1) is 0 Å². The molecule has 1 saturated heterocycles. The largest absolute Gasteiger partial charge is 0.532 e. The van der Waals surface area contributed by atoms with E-state index in [1.165, 1.54) is 0 Å². The molecule has 0 spiro atoms. The first-order valence-corrected chi connectivity index (χ1v) is 5.21. The first-order chi connectivity index (χ1) is 7.36. The van der Waals surface area contributed by atoms with Crippen LogP contribution in [0.4, 0.5) is 0 Å². The lowest BCUT2D eigenvalue weighted by atomic mass is 9.86. The van der Waals surface area contributed by atoms with E-state index < -0.39 is 18.3 Å². The molecule has 0 amide bonds. The third-order valence-corrected chi connectivity index (χ3v) is 3.22. The van der Waals surface area contributed by atoms with E-state index in [9.17, 15) is 0 Å². The minimum absolute atomic E-state index is 0.268. The predicted octanol–water partition coefficient (Wildman–Crippen LogP) is 1.45. The van der Waals surface area contributed by atoms with E-state index in [4.69, 9.17) is 19.0 Å². The summed E-state index contributed by atoms with van der Waals surface area (Å²) in [7, 11) is -0.535. The monoisotopic (exact) mass is 219 g/mol. The van der Waals surface area contributed by atoms with Crippen LogP contribution in [-0.4, -0.2) is 18.3 Å². The van der Waals surface area contributed by atoms with Gasteiger partial charge in [-0.1, -0.05) is 0 Å². The Balaban J connectivity index is 2.24. The first kappa shape index (κ1) is 11.2. The first-order valence-electron chi connectivity index (χ1n) is 5.21. The van der Waals surface area contributed by atoms with Gasteiger partial charge in [0.15, 0.2) is 0 Å². The van der Waals surface area contributed by atoms with Gasteiger partial charge in [-0.2, -0.15) is 5.26 Å². The van der Waals surface area contributed by atoms with Crippen LogP contribution >= 0.6 is 0 Å². The SMILES string of the molecule is CC1(C)OB(c2ccc(C#N)o2)OC1(C)C. The maximum Gasteiger partial charge on any atom is 0.532 e. The molecule has 2 rings (SSSR count). The van der Waals surface area contributed by atoms with Gasteiger partial charge in [-0.25, -0.2) is 0 Å². The second-order valence-electron chi connectivity index (χ2n) is 4.90. The molecule has 4 nitrogen and oxygen atoms in total. The molecule has 0 atom stereocenters. The quantitative estimate of drug-likeness (QED) is 0.670. The molecule has 0 radical (unpaired) electrons. The highest BCUT2D eigenvalue weighted by atomic mass is 16.7. The zero-order chi connectivity index (χ0) is 12.0. The maximum atomic E-state index is 8.67. The highest BCUT2D eigenvalue weighted by Gasteiger charge is 2.53. The van der Waals surface area contributed by atoms with Crippen molar-refractivity contribution in [3.63, 3.8) is 0 Å². The van der Waals surface area contributed by atoms with Gasteiger partial charge in [0.1, 0.15) is 11.7 Å². The lowest BCUT2D eigenvalue weighted by Gasteiger charge is -2.32. The number of hydrogen-bond donors (Lipinski definition) is 0. The van der Waals surface area contributed by atoms with E-state index >= 15 is 0 Å². The van der Waals surface area contributed by atoms with Crippen molar-refractivity contribution in [2.24, 2.45) is 0 Å². The summed E-state index contributed by atoms with van der Waals surface area (Å²) in [6.07, 6.45) is 0. The molecule has 84 valence electrons. The van der Waals surface area contributed by atoms with E-state index in [0.717, 1.165) is 0 Å². The van der Waals surface area contributed by atoms with Gasteiger partial charge in [-0.3, -0.25) is 0 Å². The van der Waals surface area contributed by atoms with Crippen LogP contribution < -0.4 is 5.66 Å². The molecule has 0 unspecified atom stereocenters. The fourth-order valence-electron chi connectivity index (χ4n) is 1.50. The van der Waals surface area contributed by atoms with Crippen molar-refractivity contribution in [1.29, 1.82) is 5.26 Å². The van der Waals surface area contributed by atoms with Crippen molar-refractivity contribution < 1.29 is 13.7 Å². The fourth-order valence-corrected chi connectivity index (χ4v) is 1.50. The van der Waals surface area contributed by atoms with Crippen LogP contribution in [0.25, 0.3) is 0 Å². The molecular formula is C11H14BNO3. The summed E-state index contributed by atoms with van der Waals surface area (Å²) in [4.78, 5) is 0. The number of nitriles is 1. The fraction of sp³-hybridized carbons (Fsp3) is 0.545. The highest BCUT2D eigenvalue weighted by Crippen LogP contribution is 2.36. The number of hydrogen-bond acceptors (Lipinski definition) is 4. The van der Waals surface area contributed by atoms with Crippen LogP contribution in [0, 0.1) is 11.3 Å². The molecule has 1 fully saturated rings. The molecule has 1 aliphatic heterocycles. The average molecular weight is 219 g/mol. The van der Waals surface area contributed by atoms with Crippen LogP contribution in [0.15, 0.2) is 16.5 Å². The third kappa shape index (κ3) is 1.64. The van der Waals surface area contributed by atoms with Gasteiger partial charge >= 0.3 is 7.12 Å². The smallest absolute Gasteiger partial charge is 0.454 e. The van der Waals surface area contributed by atoms with E-state index in [-0.39, 0.29) is 5.76 Å². The standard InChI is InChI=1S/C11H14BNO3/c1-10(2)11(3,4)16-12(15-10)9-6-5-8(7-13)14-9/h5-6H,1-4H3. The summed E-state index contributed by atoms with van der Waals surface area (Å²) in [5, 5.41) is 8.67. The average Bonchev–Trinajstić information content (AvgIpc) is 2.70. The van der Waals surface area contributed by atoms with E-state index in [1.807, 2.05) is 33.8 Å². The molecule has 1 aromatic heterocycles. The summed E-state index contributed by atoms with van der Waals surface area (Å²) < 4.78 is 16.9. The second-order valence-corrected chi connectivity index (χ2v) is 4.90. The Morgan fingerprint density at radius 2 is 1.69 bits per heavy atom. The second kappa shape index (κ2) is 3.37. The molecule has 0 bridgehead atoms. The Morgan fingerprint density at radius 1 is 1.12 bits per heavy atom. The predicted molar refractivity (Wildman–Crippen MR) is 59.1 cm³/mol. The van der Waals surface area contributed by atoms with Crippen LogP contribution in [0.3, 0.4) is 0 Å². The normalized spacial score (nSPS) is 22.1. The summed E-state index contributed by atoms with van der Waals surface area (Å²) in [5.74, 6) is 0.268. The Labute approximate surface area is 95.3 Å². The number of furan rings is 1. The molecule has 1 aromatic rings. The zero-order valence-electron chi connectivity index (χ0n) is 9.90. The lowest BCUT2D eigenvalue weighted by molar-refractivity contribution is 0.00578. The van der Waals surface area contributed by atoms with Crippen molar-refractivity contribution >= 4 is 12.8 Å². The van der Waals surface area contributed by atoms with Crippen molar-refractivity contribution in [3.05, 3.63) is 17.9 Å². The van der Waals surface area contributed by atoms with Gasteiger partial charge in [0, 0.05) is 0 Å². The molecule has 5 heteroatoms.